The highest BCUT2D eigenvalue weighted by atomic mass is 32.2. The molecule has 0 saturated carbocycles. The number of amides is 3. The fourth-order valence-electron chi connectivity index (χ4n) is 1.79. The quantitative estimate of drug-likeness (QED) is 0.544. The molecule has 0 bridgehead atoms. The van der Waals surface area contributed by atoms with Gasteiger partial charge in [0.2, 0.25) is 5.91 Å². The lowest BCUT2D eigenvalue weighted by Gasteiger charge is -2.22. The number of urea groups is 1. The van der Waals surface area contributed by atoms with Gasteiger partial charge in [0.25, 0.3) is 0 Å². The maximum absolute atomic E-state index is 11.5. The van der Waals surface area contributed by atoms with Crippen molar-refractivity contribution in [1.82, 2.24) is 10.6 Å². The predicted octanol–water partition coefficient (Wildman–Crippen LogP) is -0.100. The zero-order chi connectivity index (χ0) is 14.3. The summed E-state index contributed by atoms with van der Waals surface area (Å²) in [6.45, 7) is 0.499. The van der Waals surface area contributed by atoms with Crippen molar-refractivity contribution in [3.63, 3.8) is 0 Å². The molecule has 5 N–H and O–H groups in total. The number of aliphatic carboxylic acids is 1. The standard InChI is InChI=1S/C11H19N3O4S/c12-9(15)5-8(10(16)17)14-11(18)13-6-7-3-1-2-4-19-7/h7-8H,1-6H2,(H2,12,15)(H,16,17)(H2,13,14,18)/t7?,8-/m0/s1. The van der Waals surface area contributed by atoms with Gasteiger partial charge in [0.15, 0.2) is 0 Å². The van der Waals surface area contributed by atoms with Gasteiger partial charge in [0, 0.05) is 11.8 Å². The van der Waals surface area contributed by atoms with E-state index in [2.05, 4.69) is 10.6 Å². The number of hydrogen-bond acceptors (Lipinski definition) is 4. The molecule has 0 radical (unpaired) electrons. The number of carbonyl (C=O) groups is 3. The van der Waals surface area contributed by atoms with Crippen molar-refractivity contribution in [2.45, 2.75) is 37.0 Å². The molecular formula is C11H19N3O4S. The summed E-state index contributed by atoms with van der Waals surface area (Å²) >= 11 is 1.81. The first kappa shape index (κ1) is 15.6. The summed E-state index contributed by atoms with van der Waals surface area (Å²) in [5.74, 6) is -0.954. The van der Waals surface area contributed by atoms with Gasteiger partial charge in [-0.15, -0.1) is 0 Å². The van der Waals surface area contributed by atoms with E-state index in [1.54, 1.807) is 0 Å². The summed E-state index contributed by atoms with van der Waals surface area (Å²) in [6.07, 6.45) is 2.99. The molecular weight excluding hydrogens is 270 g/mol. The van der Waals surface area contributed by atoms with Crippen LogP contribution >= 0.6 is 11.8 Å². The van der Waals surface area contributed by atoms with Crippen LogP contribution in [0.25, 0.3) is 0 Å². The molecule has 8 heteroatoms. The van der Waals surface area contributed by atoms with Gasteiger partial charge in [-0.1, -0.05) is 6.42 Å². The maximum Gasteiger partial charge on any atom is 0.326 e. The molecule has 3 amide bonds. The molecule has 19 heavy (non-hydrogen) atoms. The van der Waals surface area contributed by atoms with Crippen LogP contribution < -0.4 is 16.4 Å². The van der Waals surface area contributed by atoms with E-state index in [1.807, 2.05) is 11.8 Å². The highest BCUT2D eigenvalue weighted by Crippen LogP contribution is 2.24. The van der Waals surface area contributed by atoms with Crippen LogP contribution in [-0.4, -0.2) is 46.6 Å². The lowest BCUT2D eigenvalue weighted by Crippen LogP contribution is -2.48. The third-order valence-corrected chi connectivity index (χ3v) is 4.17. The Balaban J connectivity index is 2.31. The van der Waals surface area contributed by atoms with Crippen molar-refractivity contribution in [3.8, 4) is 0 Å². The number of thioether (sulfide) groups is 1. The normalized spacial score (nSPS) is 20.3. The Kier molecular flexibility index (Phi) is 6.48. The van der Waals surface area contributed by atoms with Gasteiger partial charge < -0.3 is 21.5 Å². The Morgan fingerprint density at radius 3 is 2.63 bits per heavy atom. The molecule has 2 atom stereocenters. The second-order valence-corrected chi connectivity index (χ2v) is 5.81. The van der Waals surface area contributed by atoms with Crippen molar-refractivity contribution in [2.24, 2.45) is 5.73 Å². The van der Waals surface area contributed by atoms with Gasteiger partial charge in [0.1, 0.15) is 6.04 Å². The molecule has 0 aliphatic carbocycles. The lowest BCUT2D eigenvalue weighted by atomic mass is 10.2. The molecule has 1 aliphatic rings. The maximum atomic E-state index is 11.5. The van der Waals surface area contributed by atoms with Gasteiger partial charge in [0.05, 0.1) is 6.42 Å². The third-order valence-electron chi connectivity index (χ3n) is 2.77. The van der Waals surface area contributed by atoms with Crippen molar-refractivity contribution >= 4 is 29.7 Å². The average Bonchev–Trinajstić information content (AvgIpc) is 2.36. The van der Waals surface area contributed by atoms with Crippen LogP contribution in [-0.2, 0) is 9.59 Å². The van der Waals surface area contributed by atoms with Crippen LogP contribution in [0.3, 0.4) is 0 Å². The second-order valence-electron chi connectivity index (χ2n) is 4.40. The summed E-state index contributed by atoms with van der Waals surface area (Å²) in [5, 5.41) is 14.1. The van der Waals surface area contributed by atoms with Crippen LogP contribution in [0.1, 0.15) is 25.7 Å². The SMILES string of the molecule is NC(=O)C[C@H](NC(=O)NCC1CCCCS1)C(=O)O. The van der Waals surface area contributed by atoms with Crippen LogP contribution in [0.15, 0.2) is 0 Å². The highest BCUT2D eigenvalue weighted by Gasteiger charge is 2.22. The third kappa shape index (κ3) is 6.32. The fraction of sp³-hybridized carbons (Fsp3) is 0.727. The molecule has 0 aromatic heterocycles. The molecule has 1 unspecified atom stereocenters. The molecule has 1 rings (SSSR count). The lowest BCUT2D eigenvalue weighted by molar-refractivity contribution is -0.140. The first-order chi connectivity index (χ1) is 8.99. The number of rotatable bonds is 6. The average molecular weight is 289 g/mol. The van der Waals surface area contributed by atoms with Gasteiger partial charge >= 0.3 is 12.0 Å². The molecule has 0 aromatic carbocycles. The van der Waals surface area contributed by atoms with Gasteiger partial charge in [-0.05, 0) is 18.6 Å². The largest absolute Gasteiger partial charge is 0.480 e. The van der Waals surface area contributed by atoms with E-state index in [0.29, 0.717) is 11.8 Å². The zero-order valence-corrected chi connectivity index (χ0v) is 11.4. The number of primary amides is 1. The second kappa shape index (κ2) is 7.88. The van der Waals surface area contributed by atoms with Crippen LogP contribution in [0, 0.1) is 0 Å². The summed E-state index contributed by atoms with van der Waals surface area (Å²) in [5.41, 5.74) is 4.92. The minimum Gasteiger partial charge on any atom is -0.480 e. The van der Waals surface area contributed by atoms with Crippen molar-refractivity contribution in [1.29, 1.82) is 0 Å². The highest BCUT2D eigenvalue weighted by molar-refractivity contribution is 7.99. The molecule has 0 aromatic rings. The van der Waals surface area contributed by atoms with E-state index in [-0.39, 0.29) is 0 Å². The predicted molar refractivity (Wildman–Crippen MR) is 71.9 cm³/mol. The number of nitrogens with one attached hydrogen (secondary N) is 2. The van der Waals surface area contributed by atoms with Crippen molar-refractivity contribution in [2.75, 3.05) is 12.3 Å². The van der Waals surface area contributed by atoms with Gasteiger partial charge in [-0.3, -0.25) is 4.79 Å². The van der Waals surface area contributed by atoms with E-state index in [0.717, 1.165) is 18.6 Å². The van der Waals surface area contributed by atoms with Crippen LogP contribution in [0.2, 0.25) is 0 Å². The number of nitrogens with two attached hydrogens (primary N) is 1. The summed E-state index contributed by atoms with van der Waals surface area (Å²) in [6, 6.07) is -1.86. The minimum atomic E-state index is -1.28. The van der Waals surface area contributed by atoms with Crippen LogP contribution in [0.5, 0.6) is 0 Å². The Morgan fingerprint density at radius 2 is 2.11 bits per heavy atom. The number of carbonyl (C=O) groups excluding carboxylic acids is 2. The molecule has 7 nitrogen and oxygen atoms in total. The van der Waals surface area contributed by atoms with E-state index < -0.39 is 30.4 Å². The van der Waals surface area contributed by atoms with Crippen molar-refractivity contribution < 1.29 is 19.5 Å². The van der Waals surface area contributed by atoms with Crippen LogP contribution in [0.4, 0.5) is 4.79 Å². The first-order valence-corrected chi connectivity index (χ1v) is 7.21. The number of carboxylic acid groups (broad SMARTS) is 1. The molecule has 0 spiro atoms. The zero-order valence-electron chi connectivity index (χ0n) is 10.6. The first-order valence-electron chi connectivity index (χ1n) is 6.16. The van der Waals surface area contributed by atoms with E-state index in [4.69, 9.17) is 10.8 Å². The number of carboxylic acids is 1. The fourth-order valence-corrected chi connectivity index (χ4v) is 3.02. The van der Waals surface area contributed by atoms with E-state index >= 15 is 0 Å². The van der Waals surface area contributed by atoms with E-state index in [1.165, 1.54) is 6.42 Å². The summed E-state index contributed by atoms with van der Waals surface area (Å²) in [7, 11) is 0. The molecule has 1 saturated heterocycles. The van der Waals surface area contributed by atoms with Gasteiger partial charge in [-0.25, -0.2) is 9.59 Å². The van der Waals surface area contributed by atoms with E-state index in [9.17, 15) is 14.4 Å². The summed E-state index contributed by atoms with van der Waals surface area (Å²) in [4.78, 5) is 33.0. The molecule has 1 heterocycles. The Labute approximate surface area is 115 Å². The molecule has 1 fully saturated rings. The smallest absolute Gasteiger partial charge is 0.326 e. The Bertz CT molecular complexity index is 345. The Morgan fingerprint density at radius 1 is 1.37 bits per heavy atom. The Hall–Kier alpha value is -1.44. The monoisotopic (exact) mass is 289 g/mol. The van der Waals surface area contributed by atoms with Gasteiger partial charge in [-0.2, -0.15) is 11.8 Å². The number of hydrogen-bond donors (Lipinski definition) is 4. The minimum absolute atomic E-state index is 0.374. The summed E-state index contributed by atoms with van der Waals surface area (Å²) < 4.78 is 0. The molecule has 1 aliphatic heterocycles. The topological polar surface area (TPSA) is 122 Å². The van der Waals surface area contributed by atoms with Crippen molar-refractivity contribution in [3.05, 3.63) is 0 Å². The molecule has 108 valence electrons.